The second-order valence-electron chi connectivity index (χ2n) is 2.79. The molecule has 1 heterocycles. The first-order valence-corrected chi connectivity index (χ1v) is 5.10. The molecule has 0 bridgehead atoms. The van der Waals surface area contributed by atoms with Crippen molar-refractivity contribution >= 4 is 7.82 Å². The molecular formula is C5H11O7P. The van der Waals surface area contributed by atoms with E-state index >= 15 is 0 Å². The molecule has 4 atom stereocenters. The number of hydrogen-bond donors (Lipinski definition) is 4. The Morgan fingerprint density at radius 1 is 1.31 bits per heavy atom. The zero-order valence-corrected chi connectivity index (χ0v) is 7.66. The second kappa shape index (κ2) is 3.62. The lowest BCUT2D eigenvalue weighted by atomic mass is 10.2. The predicted octanol–water partition coefficient (Wildman–Crippen LogP) is -1.44. The summed E-state index contributed by atoms with van der Waals surface area (Å²) < 4.78 is 19.2. The summed E-state index contributed by atoms with van der Waals surface area (Å²) in [6.45, 7) is 1.46. The number of rotatable bonds is 2. The third-order valence-corrected chi connectivity index (χ3v) is 2.18. The molecule has 13 heavy (non-hydrogen) atoms. The van der Waals surface area contributed by atoms with Gasteiger partial charge in [0, 0.05) is 0 Å². The van der Waals surface area contributed by atoms with Crippen LogP contribution < -0.4 is 0 Å². The SMILES string of the molecule is C[C@H]1OC(OP(=O)(O)O)[C@H](O)[C@H]1O. The molecule has 0 saturated carbocycles. The van der Waals surface area contributed by atoms with Crippen molar-refractivity contribution in [3.8, 4) is 0 Å². The topological polar surface area (TPSA) is 116 Å². The van der Waals surface area contributed by atoms with Crippen LogP contribution in [0.5, 0.6) is 0 Å². The van der Waals surface area contributed by atoms with E-state index in [1.54, 1.807) is 0 Å². The molecule has 0 aliphatic carbocycles. The Morgan fingerprint density at radius 2 is 1.85 bits per heavy atom. The van der Waals surface area contributed by atoms with Gasteiger partial charge < -0.3 is 24.7 Å². The van der Waals surface area contributed by atoms with Gasteiger partial charge in [0.05, 0.1) is 6.10 Å². The van der Waals surface area contributed by atoms with Gasteiger partial charge in [-0.1, -0.05) is 0 Å². The molecule has 7 nitrogen and oxygen atoms in total. The average Bonchev–Trinajstić information content (AvgIpc) is 2.15. The fraction of sp³-hybridized carbons (Fsp3) is 1.00. The molecule has 0 aromatic rings. The van der Waals surface area contributed by atoms with Gasteiger partial charge in [-0.3, -0.25) is 4.52 Å². The van der Waals surface area contributed by atoms with Crippen molar-refractivity contribution in [1.29, 1.82) is 0 Å². The lowest BCUT2D eigenvalue weighted by Gasteiger charge is -2.15. The summed E-state index contributed by atoms with van der Waals surface area (Å²) in [5.74, 6) is 0. The molecule has 78 valence electrons. The largest absolute Gasteiger partial charge is 0.472 e. The van der Waals surface area contributed by atoms with E-state index in [1.807, 2.05) is 0 Å². The third-order valence-electron chi connectivity index (χ3n) is 1.70. The summed E-state index contributed by atoms with van der Waals surface area (Å²) in [6.07, 6.45) is -4.84. The normalized spacial score (nSPS) is 41.0. The number of aliphatic hydroxyl groups excluding tert-OH is 2. The fourth-order valence-corrected chi connectivity index (χ4v) is 1.48. The van der Waals surface area contributed by atoms with E-state index in [4.69, 9.17) is 24.7 Å². The van der Waals surface area contributed by atoms with Crippen molar-refractivity contribution in [3.63, 3.8) is 0 Å². The highest BCUT2D eigenvalue weighted by Gasteiger charge is 2.43. The van der Waals surface area contributed by atoms with Crippen molar-refractivity contribution in [2.75, 3.05) is 0 Å². The highest BCUT2D eigenvalue weighted by Crippen LogP contribution is 2.40. The summed E-state index contributed by atoms with van der Waals surface area (Å²) in [5.41, 5.74) is 0. The monoisotopic (exact) mass is 214 g/mol. The van der Waals surface area contributed by atoms with Crippen LogP contribution in [0.2, 0.25) is 0 Å². The first-order valence-electron chi connectivity index (χ1n) is 3.57. The quantitative estimate of drug-likeness (QED) is 0.416. The summed E-state index contributed by atoms with van der Waals surface area (Å²) in [5, 5.41) is 18.3. The number of aliphatic hydroxyl groups is 2. The molecule has 0 spiro atoms. The first kappa shape index (κ1) is 11.1. The van der Waals surface area contributed by atoms with E-state index in [9.17, 15) is 4.57 Å². The van der Waals surface area contributed by atoms with Gasteiger partial charge in [-0.05, 0) is 6.92 Å². The predicted molar refractivity (Wildman–Crippen MR) is 39.5 cm³/mol. The molecule has 0 aromatic carbocycles. The molecule has 0 aromatic heterocycles. The Kier molecular flexibility index (Phi) is 3.09. The van der Waals surface area contributed by atoms with Crippen molar-refractivity contribution in [2.45, 2.75) is 31.5 Å². The number of ether oxygens (including phenoxy) is 1. The van der Waals surface area contributed by atoms with Gasteiger partial charge in [-0.2, -0.15) is 0 Å². The van der Waals surface area contributed by atoms with Crippen LogP contribution in [0.4, 0.5) is 0 Å². The highest BCUT2D eigenvalue weighted by molar-refractivity contribution is 7.46. The van der Waals surface area contributed by atoms with E-state index in [-0.39, 0.29) is 0 Å². The maximum Gasteiger partial charge on any atom is 0.472 e. The second-order valence-corrected chi connectivity index (χ2v) is 3.98. The number of phosphoric acid groups is 1. The Morgan fingerprint density at radius 3 is 2.15 bits per heavy atom. The molecule has 4 N–H and O–H groups in total. The van der Waals surface area contributed by atoms with Crippen molar-refractivity contribution in [3.05, 3.63) is 0 Å². The van der Waals surface area contributed by atoms with Gasteiger partial charge in [-0.15, -0.1) is 0 Å². The lowest BCUT2D eigenvalue weighted by molar-refractivity contribution is -0.117. The van der Waals surface area contributed by atoms with Crippen molar-refractivity contribution in [2.24, 2.45) is 0 Å². The number of hydrogen-bond acceptors (Lipinski definition) is 5. The van der Waals surface area contributed by atoms with Gasteiger partial charge in [0.2, 0.25) is 0 Å². The molecule has 1 fully saturated rings. The van der Waals surface area contributed by atoms with Crippen LogP contribution in [0.3, 0.4) is 0 Å². The zero-order chi connectivity index (χ0) is 10.2. The van der Waals surface area contributed by atoms with Gasteiger partial charge in [0.25, 0.3) is 0 Å². The van der Waals surface area contributed by atoms with Crippen LogP contribution in [0.1, 0.15) is 6.92 Å². The Balaban J connectivity index is 2.59. The number of phosphoric ester groups is 1. The highest BCUT2D eigenvalue weighted by atomic mass is 31.2. The van der Waals surface area contributed by atoms with Gasteiger partial charge in [-0.25, -0.2) is 4.57 Å². The van der Waals surface area contributed by atoms with Crippen molar-refractivity contribution in [1.82, 2.24) is 0 Å². The van der Waals surface area contributed by atoms with E-state index in [2.05, 4.69) is 4.52 Å². The Hall–Kier alpha value is -0.0100. The standard InChI is InChI=1S/C5H11O7P/c1-2-3(6)4(7)5(11-2)12-13(8,9)10/h2-7H,1H3,(H2,8,9,10)/t2-,3+,4-,5?/m1/s1. The van der Waals surface area contributed by atoms with Crippen LogP contribution in [-0.2, 0) is 13.8 Å². The molecule has 1 unspecified atom stereocenters. The lowest BCUT2D eigenvalue weighted by Crippen LogP contribution is -2.32. The van der Waals surface area contributed by atoms with E-state index in [0.717, 1.165) is 0 Å². The average molecular weight is 214 g/mol. The fourth-order valence-electron chi connectivity index (χ4n) is 1.03. The zero-order valence-electron chi connectivity index (χ0n) is 6.77. The molecule has 0 amide bonds. The minimum atomic E-state index is -4.70. The maximum absolute atomic E-state index is 10.3. The third kappa shape index (κ3) is 2.72. The maximum atomic E-state index is 10.3. The smallest absolute Gasteiger partial charge is 0.388 e. The minimum absolute atomic E-state index is 0.716. The Bertz CT molecular complexity index is 225. The van der Waals surface area contributed by atoms with Crippen LogP contribution in [-0.4, -0.2) is 44.6 Å². The van der Waals surface area contributed by atoms with Crippen LogP contribution in [0, 0.1) is 0 Å². The molecule has 1 rings (SSSR count). The molecule has 8 heteroatoms. The first-order chi connectivity index (χ1) is 5.81. The van der Waals surface area contributed by atoms with E-state index in [1.165, 1.54) is 6.92 Å². The molecule has 0 radical (unpaired) electrons. The minimum Gasteiger partial charge on any atom is -0.388 e. The van der Waals surface area contributed by atoms with Gasteiger partial charge in [0.15, 0.2) is 6.29 Å². The van der Waals surface area contributed by atoms with Crippen LogP contribution >= 0.6 is 7.82 Å². The molecular weight excluding hydrogens is 203 g/mol. The van der Waals surface area contributed by atoms with Crippen LogP contribution in [0.15, 0.2) is 0 Å². The van der Waals surface area contributed by atoms with E-state index < -0.39 is 32.4 Å². The van der Waals surface area contributed by atoms with Crippen molar-refractivity contribution < 1.29 is 33.8 Å². The summed E-state index contributed by atoms with van der Waals surface area (Å²) in [4.78, 5) is 16.8. The molecule has 1 saturated heterocycles. The summed E-state index contributed by atoms with van der Waals surface area (Å²) in [7, 11) is -4.70. The molecule has 1 aliphatic heterocycles. The molecule has 1 aliphatic rings. The summed E-state index contributed by atoms with van der Waals surface area (Å²) >= 11 is 0. The van der Waals surface area contributed by atoms with Gasteiger partial charge >= 0.3 is 7.82 Å². The van der Waals surface area contributed by atoms with Crippen LogP contribution in [0.25, 0.3) is 0 Å². The van der Waals surface area contributed by atoms with E-state index in [0.29, 0.717) is 0 Å². The summed E-state index contributed by atoms with van der Waals surface area (Å²) in [6, 6.07) is 0. The van der Waals surface area contributed by atoms with Gasteiger partial charge in [0.1, 0.15) is 12.2 Å². The Labute approximate surface area is 74.1 Å².